The lowest BCUT2D eigenvalue weighted by molar-refractivity contribution is -0.126. The predicted octanol–water partition coefficient (Wildman–Crippen LogP) is 6.20. The van der Waals surface area contributed by atoms with E-state index < -0.39 is 16.9 Å². The van der Waals surface area contributed by atoms with E-state index in [-0.39, 0.29) is 41.3 Å². The molecule has 0 bridgehead atoms. The minimum Gasteiger partial charge on any atom is -0.450 e. The molecule has 3 heterocycles. The Morgan fingerprint density at radius 2 is 1.50 bits per heavy atom. The van der Waals surface area contributed by atoms with Gasteiger partial charge in [-0.05, 0) is 42.3 Å². The normalized spacial score (nSPS) is 17.6. The molecule has 1 aromatic heterocycles. The highest BCUT2D eigenvalue weighted by atomic mass is 35.5. The smallest absolute Gasteiger partial charge is 0.291 e. The number of carbonyl (C=O) groups excluding carboxylic acids is 2. The second kappa shape index (κ2) is 8.93. The summed E-state index contributed by atoms with van der Waals surface area (Å²) in [6.07, 6.45) is 0. The first-order chi connectivity index (χ1) is 19.4. The Bertz CT molecular complexity index is 1900. The molecule has 2 aliphatic rings. The third-order valence-electron chi connectivity index (χ3n) is 7.84. The molecule has 1 unspecified atom stereocenters. The number of amides is 2. The van der Waals surface area contributed by atoms with E-state index in [0.717, 1.165) is 16.7 Å². The first kappa shape index (κ1) is 24.4. The maximum atomic E-state index is 14.8. The summed E-state index contributed by atoms with van der Waals surface area (Å²) in [5.41, 5.74) is 2.20. The number of aryl methyl sites for hydroxylation is 1. The minimum absolute atomic E-state index is 0.0346. The van der Waals surface area contributed by atoms with Crippen LogP contribution in [0.2, 0.25) is 5.02 Å². The van der Waals surface area contributed by atoms with Crippen LogP contribution in [-0.4, -0.2) is 16.7 Å². The van der Waals surface area contributed by atoms with Crippen molar-refractivity contribution in [2.45, 2.75) is 25.6 Å². The van der Waals surface area contributed by atoms with Crippen molar-refractivity contribution in [3.63, 3.8) is 0 Å². The molecule has 0 aliphatic carbocycles. The van der Waals surface area contributed by atoms with Crippen molar-refractivity contribution in [1.82, 2.24) is 4.90 Å². The fourth-order valence-corrected chi connectivity index (χ4v) is 6.16. The molecule has 7 rings (SSSR count). The Labute approximate surface area is 235 Å². The topological polar surface area (TPSA) is 70.8 Å². The fraction of sp³-hybridized carbons (Fsp3) is 0.121. The van der Waals surface area contributed by atoms with Gasteiger partial charge in [0.2, 0.25) is 5.76 Å². The number of carbonyl (C=O) groups is 2. The van der Waals surface area contributed by atoms with E-state index in [1.807, 2.05) is 85.8 Å². The average molecular weight is 547 g/mol. The highest BCUT2D eigenvalue weighted by molar-refractivity contribution is 6.31. The zero-order valence-corrected chi connectivity index (χ0v) is 22.3. The van der Waals surface area contributed by atoms with E-state index in [1.165, 1.54) is 11.0 Å². The second-order valence-corrected chi connectivity index (χ2v) is 10.7. The minimum atomic E-state index is -1.69. The molecule has 0 saturated carbocycles. The summed E-state index contributed by atoms with van der Waals surface area (Å²) in [5, 5.41) is 0.584. The van der Waals surface area contributed by atoms with E-state index in [1.54, 1.807) is 17.0 Å². The molecule has 4 aromatic carbocycles. The van der Waals surface area contributed by atoms with Crippen LogP contribution in [0, 0.1) is 6.92 Å². The lowest BCUT2D eigenvalue weighted by atomic mass is 9.83. The van der Waals surface area contributed by atoms with Gasteiger partial charge in [-0.25, -0.2) is 0 Å². The van der Waals surface area contributed by atoms with E-state index in [0.29, 0.717) is 16.3 Å². The van der Waals surface area contributed by atoms with Crippen LogP contribution in [0.25, 0.3) is 11.0 Å². The Morgan fingerprint density at radius 1 is 0.800 bits per heavy atom. The first-order valence-corrected chi connectivity index (χ1v) is 13.4. The van der Waals surface area contributed by atoms with Gasteiger partial charge in [0.05, 0.1) is 23.2 Å². The number of rotatable bonds is 4. The van der Waals surface area contributed by atoms with Gasteiger partial charge in [0.25, 0.3) is 11.8 Å². The van der Waals surface area contributed by atoms with Crippen LogP contribution in [-0.2, 0) is 23.4 Å². The lowest BCUT2D eigenvalue weighted by Crippen LogP contribution is -2.52. The Hall–Kier alpha value is -4.68. The number of hydrogen-bond acceptors (Lipinski definition) is 4. The van der Waals surface area contributed by atoms with Gasteiger partial charge in [0.15, 0.2) is 11.0 Å². The second-order valence-electron chi connectivity index (χ2n) is 10.3. The molecule has 1 atom stereocenters. The van der Waals surface area contributed by atoms with Gasteiger partial charge in [-0.15, -0.1) is 0 Å². The van der Waals surface area contributed by atoms with Gasteiger partial charge in [0, 0.05) is 17.1 Å². The summed E-state index contributed by atoms with van der Waals surface area (Å²) in [6.45, 7) is 2.38. The van der Waals surface area contributed by atoms with Crippen molar-refractivity contribution >= 4 is 40.1 Å². The standard InChI is InChI=1S/C33H23ClN2O4/c1-20-11-13-22(14-12-20)19-36-31(38)30-28(29(37)24-17-23(34)15-16-27(24)40-30)33(36)25-9-5-6-10-26(25)35(32(33)39)18-21-7-3-2-4-8-21/h2-17H,18-19H2,1H3. The number of fused-ring (bicyclic) bond motifs is 5. The van der Waals surface area contributed by atoms with E-state index in [9.17, 15) is 14.4 Å². The molecular weight excluding hydrogens is 524 g/mol. The summed E-state index contributed by atoms with van der Waals surface area (Å²) in [5.74, 6) is -0.990. The molecule has 7 heteroatoms. The number of halogens is 1. The number of hydrogen-bond donors (Lipinski definition) is 0. The number of anilines is 1. The molecule has 40 heavy (non-hydrogen) atoms. The highest BCUT2D eigenvalue weighted by Gasteiger charge is 2.64. The van der Waals surface area contributed by atoms with Gasteiger partial charge in [0.1, 0.15) is 5.58 Å². The van der Waals surface area contributed by atoms with Crippen LogP contribution in [0.1, 0.15) is 38.4 Å². The molecular formula is C33H23ClN2O4. The molecule has 2 aliphatic heterocycles. The zero-order valence-electron chi connectivity index (χ0n) is 21.6. The highest BCUT2D eigenvalue weighted by Crippen LogP contribution is 2.53. The summed E-state index contributed by atoms with van der Waals surface area (Å²) < 4.78 is 6.12. The Morgan fingerprint density at radius 3 is 2.27 bits per heavy atom. The zero-order chi connectivity index (χ0) is 27.6. The Balaban J connectivity index is 1.52. The Kier molecular flexibility index (Phi) is 5.44. The van der Waals surface area contributed by atoms with Crippen LogP contribution in [0.3, 0.4) is 0 Å². The maximum absolute atomic E-state index is 14.8. The van der Waals surface area contributed by atoms with E-state index >= 15 is 0 Å². The van der Waals surface area contributed by atoms with Crippen molar-refractivity contribution < 1.29 is 14.0 Å². The van der Waals surface area contributed by atoms with Crippen LogP contribution in [0.15, 0.2) is 106 Å². The summed E-state index contributed by atoms with van der Waals surface area (Å²) in [6, 6.07) is 29.5. The molecule has 1 spiro atoms. The monoisotopic (exact) mass is 546 g/mol. The van der Waals surface area contributed by atoms with Crippen LogP contribution < -0.4 is 10.3 Å². The molecule has 0 fully saturated rings. The third-order valence-corrected chi connectivity index (χ3v) is 8.08. The molecule has 2 amide bonds. The number of nitrogens with zero attached hydrogens (tertiary/aromatic N) is 2. The first-order valence-electron chi connectivity index (χ1n) is 13.0. The van der Waals surface area contributed by atoms with Gasteiger partial charge < -0.3 is 14.2 Å². The predicted molar refractivity (Wildman–Crippen MR) is 153 cm³/mol. The van der Waals surface area contributed by atoms with Crippen LogP contribution in [0.4, 0.5) is 5.69 Å². The van der Waals surface area contributed by atoms with Gasteiger partial charge in [-0.3, -0.25) is 14.4 Å². The average Bonchev–Trinajstić information content (AvgIpc) is 3.35. The SMILES string of the molecule is Cc1ccc(CN2C(=O)c3oc4ccc(Cl)cc4c(=O)c3C23C(=O)N(Cc2ccccc2)c2ccccc23)cc1. The third kappa shape index (κ3) is 3.39. The summed E-state index contributed by atoms with van der Waals surface area (Å²) in [4.78, 5) is 46.5. The van der Waals surface area contributed by atoms with E-state index in [2.05, 4.69) is 0 Å². The number of benzene rings is 4. The van der Waals surface area contributed by atoms with Crippen molar-refractivity contribution in [3.8, 4) is 0 Å². The van der Waals surface area contributed by atoms with Gasteiger partial charge in [-0.1, -0.05) is 90.0 Å². The van der Waals surface area contributed by atoms with Crippen molar-refractivity contribution in [1.29, 1.82) is 0 Å². The molecule has 0 N–H and O–H groups in total. The molecule has 0 saturated heterocycles. The quantitative estimate of drug-likeness (QED) is 0.269. The molecule has 6 nitrogen and oxygen atoms in total. The van der Waals surface area contributed by atoms with E-state index in [4.69, 9.17) is 16.0 Å². The largest absolute Gasteiger partial charge is 0.450 e. The van der Waals surface area contributed by atoms with Crippen molar-refractivity contribution in [3.05, 3.63) is 146 Å². The fourth-order valence-electron chi connectivity index (χ4n) is 5.98. The lowest BCUT2D eigenvalue weighted by Gasteiger charge is -2.34. The summed E-state index contributed by atoms with van der Waals surface area (Å²) >= 11 is 6.26. The van der Waals surface area contributed by atoms with Crippen molar-refractivity contribution in [2.75, 3.05) is 4.90 Å². The number of para-hydroxylation sites is 1. The van der Waals surface area contributed by atoms with Gasteiger partial charge >= 0.3 is 0 Å². The van der Waals surface area contributed by atoms with Crippen LogP contribution in [0.5, 0.6) is 0 Å². The molecule has 196 valence electrons. The summed E-state index contributed by atoms with van der Waals surface area (Å²) in [7, 11) is 0. The van der Waals surface area contributed by atoms with Crippen LogP contribution >= 0.6 is 11.6 Å². The van der Waals surface area contributed by atoms with Gasteiger partial charge in [-0.2, -0.15) is 0 Å². The van der Waals surface area contributed by atoms with Crippen molar-refractivity contribution in [2.24, 2.45) is 0 Å². The maximum Gasteiger partial charge on any atom is 0.291 e. The molecule has 0 radical (unpaired) electrons. The molecule has 5 aromatic rings.